The number of hydrogen-bond donors (Lipinski definition) is 2. The quantitative estimate of drug-likeness (QED) is 0.763. The molecule has 2 N–H and O–H groups in total. The van der Waals surface area contributed by atoms with Gasteiger partial charge in [-0.2, -0.15) is 0 Å². The molecule has 0 spiro atoms. The Kier molecular flexibility index (Phi) is 4.24. The zero-order valence-corrected chi connectivity index (χ0v) is 10.6. The van der Waals surface area contributed by atoms with Gasteiger partial charge in [0.15, 0.2) is 0 Å². The minimum absolute atomic E-state index is 0.298. The van der Waals surface area contributed by atoms with Crippen molar-refractivity contribution >= 4 is 5.69 Å². The summed E-state index contributed by atoms with van der Waals surface area (Å²) in [6.45, 7) is 2.19. The fraction of sp³-hybridized carbons (Fsp3) is 0.250. The van der Waals surface area contributed by atoms with Crippen molar-refractivity contribution in [2.24, 2.45) is 0 Å². The maximum Gasteiger partial charge on any atom is 0.115 e. The lowest BCUT2D eigenvalue weighted by molar-refractivity contribution is 0.475. The Morgan fingerprint density at radius 1 is 1.00 bits per heavy atom. The molecule has 18 heavy (non-hydrogen) atoms. The molecule has 2 aromatic carbocycles. The van der Waals surface area contributed by atoms with Gasteiger partial charge in [-0.3, -0.25) is 0 Å². The Bertz CT molecular complexity index is 464. The second-order valence-electron chi connectivity index (χ2n) is 4.44. The predicted octanol–water partition coefficient (Wildman–Crippen LogP) is 4.35. The van der Waals surface area contributed by atoms with Crippen LogP contribution in [0, 0.1) is 0 Å². The number of rotatable bonds is 5. The molecule has 0 aromatic heterocycles. The molecule has 0 saturated carbocycles. The maximum atomic E-state index is 9.28. The molecule has 0 aliphatic rings. The van der Waals surface area contributed by atoms with Crippen molar-refractivity contribution in [1.29, 1.82) is 0 Å². The summed E-state index contributed by atoms with van der Waals surface area (Å²) in [5, 5.41) is 12.8. The van der Waals surface area contributed by atoms with Crippen LogP contribution >= 0.6 is 0 Å². The van der Waals surface area contributed by atoms with Gasteiger partial charge in [-0.1, -0.05) is 43.7 Å². The first-order valence-electron chi connectivity index (χ1n) is 6.40. The Labute approximate surface area is 108 Å². The highest BCUT2D eigenvalue weighted by Crippen LogP contribution is 2.24. The number of phenolic OH excluding ortho intramolecular Hbond substituents is 1. The standard InChI is InChI=1S/C16H19NO/c1-2-6-16(13-7-4-3-5-8-13)17-14-9-11-15(18)12-10-14/h3-5,7-12,16-18H,2,6H2,1H3. The third-order valence-corrected chi connectivity index (χ3v) is 2.99. The molecule has 0 radical (unpaired) electrons. The topological polar surface area (TPSA) is 32.3 Å². The van der Waals surface area contributed by atoms with Crippen LogP contribution in [0.25, 0.3) is 0 Å². The average molecular weight is 241 g/mol. The van der Waals surface area contributed by atoms with E-state index in [1.54, 1.807) is 12.1 Å². The van der Waals surface area contributed by atoms with Crippen LogP contribution in [0.5, 0.6) is 5.75 Å². The van der Waals surface area contributed by atoms with Gasteiger partial charge in [0.25, 0.3) is 0 Å². The molecule has 2 nitrogen and oxygen atoms in total. The first-order chi connectivity index (χ1) is 8.79. The molecular formula is C16H19NO. The number of aromatic hydroxyl groups is 1. The van der Waals surface area contributed by atoms with Gasteiger partial charge >= 0.3 is 0 Å². The molecule has 0 fully saturated rings. The van der Waals surface area contributed by atoms with E-state index in [9.17, 15) is 5.11 Å². The molecule has 0 saturated heterocycles. The van der Waals surface area contributed by atoms with Gasteiger partial charge in [0.05, 0.1) is 6.04 Å². The summed E-state index contributed by atoms with van der Waals surface area (Å²) in [5.41, 5.74) is 2.34. The highest BCUT2D eigenvalue weighted by atomic mass is 16.3. The van der Waals surface area contributed by atoms with E-state index in [0.29, 0.717) is 11.8 Å². The van der Waals surface area contributed by atoms with Crippen LogP contribution in [-0.2, 0) is 0 Å². The van der Waals surface area contributed by atoms with Crippen molar-refractivity contribution < 1.29 is 5.11 Å². The lowest BCUT2D eigenvalue weighted by Gasteiger charge is -2.20. The summed E-state index contributed by atoms with van der Waals surface area (Å²) >= 11 is 0. The minimum Gasteiger partial charge on any atom is -0.508 e. The Morgan fingerprint density at radius 3 is 2.28 bits per heavy atom. The number of benzene rings is 2. The number of hydrogen-bond acceptors (Lipinski definition) is 2. The van der Waals surface area contributed by atoms with Crippen molar-refractivity contribution in [3.63, 3.8) is 0 Å². The Morgan fingerprint density at radius 2 is 1.67 bits per heavy atom. The number of anilines is 1. The second-order valence-corrected chi connectivity index (χ2v) is 4.44. The average Bonchev–Trinajstić information content (AvgIpc) is 2.42. The van der Waals surface area contributed by atoms with E-state index >= 15 is 0 Å². The summed E-state index contributed by atoms with van der Waals surface area (Å²) in [6, 6.07) is 18.0. The molecule has 0 heterocycles. The zero-order chi connectivity index (χ0) is 12.8. The van der Waals surface area contributed by atoms with E-state index in [1.165, 1.54) is 5.56 Å². The molecule has 1 atom stereocenters. The molecule has 2 aromatic rings. The summed E-state index contributed by atoms with van der Waals surface area (Å²) < 4.78 is 0. The van der Waals surface area contributed by atoms with Crippen LogP contribution in [0.4, 0.5) is 5.69 Å². The highest BCUT2D eigenvalue weighted by molar-refractivity contribution is 5.48. The molecule has 0 bridgehead atoms. The summed E-state index contributed by atoms with van der Waals surface area (Å²) in [5.74, 6) is 0.298. The molecule has 1 unspecified atom stereocenters. The van der Waals surface area contributed by atoms with E-state index in [1.807, 2.05) is 18.2 Å². The van der Waals surface area contributed by atoms with Crippen molar-refractivity contribution in [3.8, 4) is 5.75 Å². The normalized spacial score (nSPS) is 12.1. The van der Waals surface area contributed by atoms with Gasteiger partial charge in [-0.05, 0) is 36.2 Å². The molecule has 0 amide bonds. The van der Waals surface area contributed by atoms with Crippen LogP contribution < -0.4 is 5.32 Å². The van der Waals surface area contributed by atoms with Gasteiger partial charge in [0, 0.05) is 5.69 Å². The largest absolute Gasteiger partial charge is 0.508 e. The van der Waals surface area contributed by atoms with Crippen LogP contribution in [0.3, 0.4) is 0 Å². The lowest BCUT2D eigenvalue weighted by atomic mass is 10.0. The third-order valence-electron chi connectivity index (χ3n) is 2.99. The predicted molar refractivity (Wildman–Crippen MR) is 75.8 cm³/mol. The fourth-order valence-corrected chi connectivity index (χ4v) is 2.06. The fourth-order valence-electron chi connectivity index (χ4n) is 2.06. The summed E-state index contributed by atoms with van der Waals surface area (Å²) in [6.07, 6.45) is 2.22. The zero-order valence-electron chi connectivity index (χ0n) is 10.6. The monoisotopic (exact) mass is 241 g/mol. The molecule has 0 aliphatic heterocycles. The second kappa shape index (κ2) is 6.10. The summed E-state index contributed by atoms with van der Waals surface area (Å²) in [7, 11) is 0. The molecular weight excluding hydrogens is 222 g/mol. The third kappa shape index (κ3) is 3.27. The first-order valence-corrected chi connectivity index (χ1v) is 6.40. The number of nitrogens with one attached hydrogen (secondary N) is 1. The Balaban J connectivity index is 2.14. The van der Waals surface area contributed by atoms with E-state index in [4.69, 9.17) is 0 Å². The van der Waals surface area contributed by atoms with Crippen LogP contribution in [0.2, 0.25) is 0 Å². The molecule has 94 valence electrons. The van der Waals surface area contributed by atoms with Crippen LogP contribution in [0.1, 0.15) is 31.4 Å². The Hall–Kier alpha value is -1.96. The van der Waals surface area contributed by atoms with Gasteiger partial charge in [-0.15, -0.1) is 0 Å². The molecule has 0 aliphatic carbocycles. The maximum absolute atomic E-state index is 9.28. The SMILES string of the molecule is CCCC(Nc1ccc(O)cc1)c1ccccc1. The first kappa shape index (κ1) is 12.5. The van der Waals surface area contributed by atoms with Gasteiger partial charge in [-0.25, -0.2) is 0 Å². The van der Waals surface area contributed by atoms with Gasteiger partial charge in [0.2, 0.25) is 0 Å². The van der Waals surface area contributed by atoms with E-state index in [0.717, 1.165) is 18.5 Å². The van der Waals surface area contributed by atoms with Crippen molar-refractivity contribution in [1.82, 2.24) is 0 Å². The van der Waals surface area contributed by atoms with Crippen LogP contribution in [0.15, 0.2) is 54.6 Å². The molecule has 2 heteroatoms. The highest BCUT2D eigenvalue weighted by Gasteiger charge is 2.09. The van der Waals surface area contributed by atoms with Gasteiger partial charge in [0.1, 0.15) is 5.75 Å². The van der Waals surface area contributed by atoms with E-state index < -0.39 is 0 Å². The van der Waals surface area contributed by atoms with Crippen molar-refractivity contribution in [2.45, 2.75) is 25.8 Å². The van der Waals surface area contributed by atoms with Gasteiger partial charge < -0.3 is 10.4 Å². The summed E-state index contributed by atoms with van der Waals surface area (Å²) in [4.78, 5) is 0. The lowest BCUT2D eigenvalue weighted by Crippen LogP contribution is -2.10. The smallest absolute Gasteiger partial charge is 0.115 e. The minimum atomic E-state index is 0.298. The van der Waals surface area contributed by atoms with E-state index in [2.05, 4.69) is 36.5 Å². The van der Waals surface area contributed by atoms with Crippen molar-refractivity contribution in [2.75, 3.05) is 5.32 Å². The number of phenols is 1. The molecule has 2 rings (SSSR count). The van der Waals surface area contributed by atoms with Crippen LogP contribution in [-0.4, -0.2) is 5.11 Å². The van der Waals surface area contributed by atoms with E-state index in [-0.39, 0.29) is 0 Å². The van der Waals surface area contributed by atoms with Crippen molar-refractivity contribution in [3.05, 3.63) is 60.2 Å².